The topological polar surface area (TPSA) is 92.8 Å². The zero-order valence-corrected chi connectivity index (χ0v) is 17.7. The number of rotatable bonds is 5. The third kappa shape index (κ3) is 4.36. The lowest BCUT2D eigenvalue weighted by Crippen LogP contribution is -2.36. The molecule has 3 aromatic rings. The van der Waals surface area contributed by atoms with Gasteiger partial charge in [-0.1, -0.05) is 11.6 Å². The Bertz CT molecular complexity index is 1080. The highest BCUT2D eigenvalue weighted by Crippen LogP contribution is 2.28. The number of aryl methyl sites for hydroxylation is 2. The molecule has 0 atom stereocenters. The number of hydrogen-bond donors (Lipinski definition) is 0. The molecule has 1 saturated heterocycles. The molecule has 1 aliphatic heterocycles. The maximum Gasteiger partial charge on any atom is 0.218 e. The molecule has 0 N–H and O–H groups in total. The molecule has 1 aliphatic rings. The average Bonchev–Trinajstić information content (AvgIpc) is 3.11. The Morgan fingerprint density at radius 2 is 1.97 bits per heavy atom. The number of halogens is 1. The summed E-state index contributed by atoms with van der Waals surface area (Å²) in [5.41, 5.74) is 2.42. The summed E-state index contributed by atoms with van der Waals surface area (Å²) in [6, 6.07) is 7.54. The molecule has 9 heteroatoms. The molecular weight excluding hydrogens is 402 g/mol. The quantitative estimate of drug-likeness (QED) is 0.620. The smallest absolute Gasteiger partial charge is 0.218 e. The fourth-order valence-corrected chi connectivity index (χ4v) is 3.91. The van der Waals surface area contributed by atoms with Crippen LogP contribution in [0.2, 0.25) is 5.02 Å². The van der Waals surface area contributed by atoms with Gasteiger partial charge in [0.15, 0.2) is 5.82 Å². The van der Waals surface area contributed by atoms with Gasteiger partial charge in [0.05, 0.1) is 22.9 Å². The van der Waals surface area contributed by atoms with Crippen molar-refractivity contribution in [1.82, 2.24) is 24.7 Å². The van der Waals surface area contributed by atoms with Gasteiger partial charge in [-0.25, -0.2) is 19.6 Å². The van der Waals surface area contributed by atoms with Crippen LogP contribution in [0.3, 0.4) is 0 Å². The minimum Gasteiger partial charge on any atom is -0.477 e. The zero-order valence-electron chi connectivity index (χ0n) is 16.9. The van der Waals surface area contributed by atoms with Crippen molar-refractivity contribution in [3.63, 3.8) is 0 Å². The highest BCUT2D eigenvalue weighted by molar-refractivity contribution is 6.33. The molecule has 30 heavy (non-hydrogen) atoms. The van der Waals surface area contributed by atoms with Crippen molar-refractivity contribution in [1.29, 1.82) is 5.26 Å². The van der Waals surface area contributed by atoms with E-state index in [2.05, 4.69) is 31.0 Å². The fourth-order valence-electron chi connectivity index (χ4n) is 3.62. The molecule has 4 rings (SSSR count). The van der Waals surface area contributed by atoms with Crippen LogP contribution in [-0.2, 0) is 0 Å². The Kier molecular flexibility index (Phi) is 5.81. The van der Waals surface area contributed by atoms with E-state index >= 15 is 0 Å². The Morgan fingerprint density at radius 3 is 2.63 bits per heavy atom. The molecule has 154 valence electrons. The number of aromatic nitrogens is 5. The first-order chi connectivity index (χ1) is 14.5. The van der Waals surface area contributed by atoms with Gasteiger partial charge in [0, 0.05) is 31.0 Å². The monoisotopic (exact) mass is 423 g/mol. The highest BCUT2D eigenvalue weighted by atomic mass is 35.5. The van der Waals surface area contributed by atoms with Crippen LogP contribution in [0.15, 0.2) is 30.7 Å². The first kappa shape index (κ1) is 20.1. The molecule has 0 amide bonds. The van der Waals surface area contributed by atoms with Gasteiger partial charge in [-0.05, 0) is 44.7 Å². The normalized spacial score (nSPS) is 14.5. The third-order valence-corrected chi connectivity index (χ3v) is 5.46. The molecule has 0 radical (unpaired) electrons. The van der Waals surface area contributed by atoms with E-state index in [4.69, 9.17) is 21.6 Å². The second-order valence-corrected chi connectivity index (χ2v) is 7.84. The zero-order chi connectivity index (χ0) is 21.1. The summed E-state index contributed by atoms with van der Waals surface area (Å²) in [6.45, 7) is 6.22. The van der Waals surface area contributed by atoms with Crippen LogP contribution in [0.1, 0.15) is 29.8 Å². The Morgan fingerprint density at radius 1 is 1.17 bits per heavy atom. The largest absolute Gasteiger partial charge is 0.477 e. The Labute approximate surface area is 180 Å². The standard InChI is InChI=1S/C21H22ClN7O/c1-14-7-15(2)29(27-14)19-9-20(26-13-25-19)30-12-16-3-5-28(6-4-16)21-18(22)8-17(10-23)11-24-21/h7-9,11,13,16H,3-6,12H2,1-2H3. The first-order valence-electron chi connectivity index (χ1n) is 9.82. The van der Waals surface area contributed by atoms with Crippen molar-refractivity contribution in [2.75, 3.05) is 24.6 Å². The average molecular weight is 424 g/mol. The molecule has 0 saturated carbocycles. The van der Waals surface area contributed by atoms with Crippen molar-refractivity contribution < 1.29 is 4.74 Å². The van der Waals surface area contributed by atoms with E-state index in [1.165, 1.54) is 6.33 Å². The minimum atomic E-state index is 0.422. The maximum absolute atomic E-state index is 8.96. The molecule has 0 unspecified atom stereocenters. The summed E-state index contributed by atoms with van der Waals surface area (Å²) in [7, 11) is 0. The number of pyridine rings is 1. The predicted molar refractivity (Wildman–Crippen MR) is 113 cm³/mol. The van der Waals surface area contributed by atoms with E-state index in [1.54, 1.807) is 16.9 Å². The van der Waals surface area contributed by atoms with E-state index in [0.29, 0.717) is 34.8 Å². The van der Waals surface area contributed by atoms with Gasteiger partial charge in [-0.2, -0.15) is 10.4 Å². The summed E-state index contributed by atoms with van der Waals surface area (Å²) in [5.74, 6) is 2.40. The van der Waals surface area contributed by atoms with Gasteiger partial charge in [0.1, 0.15) is 18.2 Å². The number of hydrogen-bond acceptors (Lipinski definition) is 7. The van der Waals surface area contributed by atoms with Crippen molar-refractivity contribution >= 4 is 17.4 Å². The lowest BCUT2D eigenvalue weighted by Gasteiger charge is -2.33. The Hall–Kier alpha value is -3.18. The lowest BCUT2D eigenvalue weighted by atomic mass is 9.98. The summed E-state index contributed by atoms with van der Waals surface area (Å²) >= 11 is 6.30. The molecular formula is C21H22ClN7O. The number of nitrogens with zero attached hydrogens (tertiary/aromatic N) is 7. The molecule has 0 bridgehead atoms. The molecule has 0 spiro atoms. The van der Waals surface area contributed by atoms with Crippen molar-refractivity contribution in [2.45, 2.75) is 26.7 Å². The highest BCUT2D eigenvalue weighted by Gasteiger charge is 2.22. The number of nitriles is 1. The van der Waals surface area contributed by atoms with Crippen molar-refractivity contribution in [3.8, 4) is 17.8 Å². The number of anilines is 1. The van der Waals surface area contributed by atoms with Crippen molar-refractivity contribution in [2.24, 2.45) is 5.92 Å². The van der Waals surface area contributed by atoms with E-state index in [9.17, 15) is 0 Å². The SMILES string of the molecule is Cc1cc(C)n(-c2cc(OCC3CCN(c4ncc(C#N)cc4Cl)CC3)ncn2)n1. The fraction of sp³-hybridized carbons (Fsp3) is 0.381. The van der Waals surface area contributed by atoms with E-state index in [-0.39, 0.29) is 0 Å². The predicted octanol–water partition coefficient (Wildman–Crippen LogP) is 3.49. The second kappa shape index (κ2) is 8.67. The molecule has 0 aromatic carbocycles. The summed E-state index contributed by atoms with van der Waals surface area (Å²) in [6.07, 6.45) is 5.00. The van der Waals surface area contributed by atoms with Gasteiger partial charge in [-0.3, -0.25) is 0 Å². The summed E-state index contributed by atoms with van der Waals surface area (Å²) < 4.78 is 7.75. The van der Waals surface area contributed by atoms with Gasteiger partial charge in [0.2, 0.25) is 5.88 Å². The van der Waals surface area contributed by atoms with Crippen LogP contribution in [-0.4, -0.2) is 44.4 Å². The maximum atomic E-state index is 8.96. The van der Waals surface area contributed by atoms with Crippen LogP contribution < -0.4 is 9.64 Å². The molecule has 8 nitrogen and oxygen atoms in total. The van der Waals surface area contributed by atoms with Crippen LogP contribution in [0, 0.1) is 31.1 Å². The van der Waals surface area contributed by atoms with Gasteiger partial charge in [-0.15, -0.1) is 0 Å². The molecule has 4 heterocycles. The first-order valence-corrected chi connectivity index (χ1v) is 10.2. The van der Waals surface area contributed by atoms with Gasteiger partial charge < -0.3 is 9.64 Å². The van der Waals surface area contributed by atoms with E-state index in [1.807, 2.05) is 26.0 Å². The summed E-state index contributed by atoms with van der Waals surface area (Å²) in [5, 5.41) is 13.9. The van der Waals surface area contributed by atoms with Crippen LogP contribution in [0.25, 0.3) is 5.82 Å². The van der Waals surface area contributed by atoms with E-state index in [0.717, 1.165) is 43.1 Å². The Balaban J connectivity index is 1.34. The third-order valence-electron chi connectivity index (χ3n) is 5.19. The minimum absolute atomic E-state index is 0.422. The molecule has 0 aliphatic carbocycles. The van der Waals surface area contributed by atoms with Crippen molar-refractivity contribution in [3.05, 3.63) is 52.7 Å². The molecule has 3 aromatic heterocycles. The lowest BCUT2D eigenvalue weighted by molar-refractivity contribution is 0.215. The van der Waals surface area contributed by atoms with Crippen LogP contribution in [0.5, 0.6) is 5.88 Å². The molecule has 1 fully saturated rings. The number of ether oxygens (including phenoxy) is 1. The summed E-state index contributed by atoms with van der Waals surface area (Å²) in [4.78, 5) is 15.1. The van der Waals surface area contributed by atoms with Crippen LogP contribution >= 0.6 is 11.6 Å². The van der Waals surface area contributed by atoms with Gasteiger partial charge >= 0.3 is 0 Å². The van der Waals surface area contributed by atoms with E-state index < -0.39 is 0 Å². The van der Waals surface area contributed by atoms with Gasteiger partial charge in [0.25, 0.3) is 0 Å². The second-order valence-electron chi connectivity index (χ2n) is 7.44. The number of piperidine rings is 1. The van der Waals surface area contributed by atoms with Crippen LogP contribution in [0.4, 0.5) is 5.82 Å².